The molecule has 0 aliphatic rings. The molecule has 82 valence electrons. The third-order valence-electron chi connectivity index (χ3n) is 2.19. The van der Waals surface area contributed by atoms with Crippen molar-refractivity contribution in [3.8, 4) is 0 Å². The first kappa shape index (κ1) is 12.3. The van der Waals surface area contributed by atoms with Crippen molar-refractivity contribution in [1.29, 1.82) is 0 Å². The lowest BCUT2D eigenvalue weighted by molar-refractivity contribution is 0.319. The molecule has 2 aromatic rings. The van der Waals surface area contributed by atoms with E-state index in [1.807, 2.05) is 60.7 Å². The number of oxime groups is 1. The van der Waals surface area contributed by atoms with Gasteiger partial charge in [-0.25, -0.2) is 0 Å². The standard InChI is InChI=1S/C13H11NO.ClH/c15-14-13(11-7-3-1-4-8-11)12-9-5-2-6-10-12;/h1-10,15H;1H. The Morgan fingerprint density at radius 2 is 1.12 bits per heavy atom. The van der Waals surface area contributed by atoms with Crippen molar-refractivity contribution in [2.45, 2.75) is 0 Å². The molecule has 3 heteroatoms. The van der Waals surface area contributed by atoms with E-state index in [2.05, 4.69) is 5.16 Å². The zero-order valence-corrected chi connectivity index (χ0v) is 9.39. The van der Waals surface area contributed by atoms with E-state index in [4.69, 9.17) is 5.21 Å². The van der Waals surface area contributed by atoms with E-state index in [-0.39, 0.29) is 12.4 Å². The van der Waals surface area contributed by atoms with Gasteiger partial charge in [-0.15, -0.1) is 12.4 Å². The van der Waals surface area contributed by atoms with Crippen LogP contribution in [0.25, 0.3) is 0 Å². The second-order valence-electron chi connectivity index (χ2n) is 3.18. The van der Waals surface area contributed by atoms with Gasteiger partial charge in [0, 0.05) is 11.1 Å². The number of hydrogen-bond donors (Lipinski definition) is 1. The molecular formula is C13H12ClNO. The quantitative estimate of drug-likeness (QED) is 0.482. The van der Waals surface area contributed by atoms with Gasteiger partial charge in [0.15, 0.2) is 0 Å². The maximum Gasteiger partial charge on any atom is 0.117 e. The Balaban J connectivity index is 0.00000128. The van der Waals surface area contributed by atoms with E-state index in [0.717, 1.165) is 11.1 Å². The highest BCUT2D eigenvalue weighted by Gasteiger charge is 2.05. The maximum atomic E-state index is 9.02. The fourth-order valence-electron chi connectivity index (χ4n) is 1.47. The van der Waals surface area contributed by atoms with Crippen LogP contribution in [0.3, 0.4) is 0 Å². The first-order chi connectivity index (χ1) is 7.42. The molecule has 0 spiro atoms. The van der Waals surface area contributed by atoms with Gasteiger partial charge in [0.25, 0.3) is 0 Å². The zero-order valence-electron chi connectivity index (χ0n) is 8.58. The largest absolute Gasteiger partial charge is 0.410 e. The van der Waals surface area contributed by atoms with Gasteiger partial charge in [-0.05, 0) is 0 Å². The minimum Gasteiger partial charge on any atom is -0.410 e. The minimum absolute atomic E-state index is 0. The van der Waals surface area contributed by atoms with Crippen LogP contribution in [0.4, 0.5) is 0 Å². The summed E-state index contributed by atoms with van der Waals surface area (Å²) < 4.78 is 0. The molecule has 0 unspecified atom stereocenters. The summed E-state index contributed by atoms with van der Waals surface area (Å²) in [5, 5.41) is 12.4. The normalized spacial score (nSPS) is 9.00. The van der Waals surface area contributed by atoms with Gasteiger partial charge in [0.05, 0.1) is 0 Å². The molecule has 0 aliphatic carbocycles. The highest BCUT2D eigenvalue weighted by atomic mass is 35.5. The molecule has 1 N–H and O–H groups in total. The van der Waals surface area contributed by atoms with Gasteiger partial charge < -0.3 is 5.21 Å². The fraction of sp³-hybridized carbons (Fsp3) is 0. The topological polar surface area (TPSA) is 32.6 Å². The van der Waals surface area contributed by atoms with Crippen LogP contribution in [-0.2, 0) is 0 Å². The first-order valence-electron chi connectivity index (χ1n) is 4.74. The molecule has 0 saturated carbocycles. The Kier molecular flexibility index (Phi) is 4.55. The summed E-state index contributed by atoms with van der Waals surface area (Å²) in [5.74, 6) is 0. The molecule has 0 aliphatic heterocycles. The SMILES string of the molecule is Cl.ON=C(c1ccccc1)c1ccccc1. The molecule has 2 rings (SSSR count). The van der Waals surface area contributed by atoms with E-state index < -0.39 is 0 Å². The summed E-state index contributed by atoms with van der Waals surface area (Å²) in [7, 11) is 0. The smallest absolute Gasteiger partial charge is 0.117 e. The number of rotatable bonds is 2. The summed E-state index contributed by atoms with van der Waals surface area (Å²) in [6.45, 7) is 0. The molecule has 0 saturated heterocycles. The molecule has 2 aromatic carbocycles. The number of benzene rings is 2. The molecule has 0 amide bonds. The predicted molar refractivity (Wildman–Crippen MR) is 67.6 cm³/mol. The summed E-state index contributed by atoms with van der Waals surface area (Å²) >= 11 is 0. The number of nitrogens with zero attached hydrogens (tertiary/aromatic N) is 1. The van der Waals surface area contributed by atoms with Crippen LogP contribution in [0, 0.1) is 0 Å². The van der Waals surface area contributed by atoms with Crippen LogP contribution < -0.4 is 0 Å². The Labute approximate surface area is 101 Å². The van der Waals surface area contributed by atoms with E-state index >= 15 is 0 Å². The average Bonchev–Trinajstić information content (AvgIpc) is 2.33. The molecule has 16 heavy (non-hydrogen) atoms. The van der Waals surface area contributed by atoms with Gasteiger partial charge in [-0.2, -0.15) is 0 Å². The third kappa shape index (κ3) is 2.61. The molecule has 0 aromatic heterocycles. The first-order valence-corrected chi connectivity index (χ1v) is 4.74. The van der Waals surface area contributed by atoms with Crippen LogP contribution in [0.2, 0.25) is 0 Å². The van der Waals surface area contributed by atoms with E-state index in [0.29, 0.717) is 5.71 Å². The zero-order chi connectivity index (χ0) is 10.5. The van der Waals surface area contributed by atoms with E-state index in [9.17, 15) is 0 Å². The Morgan fingerprint density at radius 3 is 1.44 bits per heavy atom. The second kappa shape index (κ2) is 5.93. The van der Waals surface area contributed by atoms with Crippen molar-refractivity contribution in [1.82, 2.24) is 0 Å². The van der Waals surface area contributed by atoms with Crippen LogP contribution in [0.5, 0.6) is 0 Å². The van der Waals surface area contributed by atoms with Gasteiger partial charge in [-0.3, -0.25) is 0 Å². The molecule has 0 bridgehead atoms. The molecule has 0 heterocycles. The summed E-state index contributed by atoms with van der Waals surface area (Å²) in [4.78, 5) is 0. The van der Waals surface area contributed by atoms with Crippen molar-refractivity contribution < 1.29 is 5.21 Å². The fourth-order valence-corrected chi connectivity index (χ4v) is 1.47. The predicted octanol–water partition coefficient (Wildman–Crippen LogP) is 3.34. The van der Waals surface area contributed by atoms with Crippen molar-refractivity contribution in [2.24, 2.45) is 5.16 Å². The second-order valence-corrected chi connectivity index (χ2v) is 3.18. The minimum atomic E-state index is 0. The summed E-state index contributed by atoms with van der Waals surface area (Å²) in [6, 6.07) is 19.2. The Morgan fingerprint density at radius 1 is 0.750 bits per heavy atom. The highest BCUT2D eigenvalue weighted by Crippen LogP contribution is 2.09. The van der Waals surface area contributed by atoms with Crippen LogP contribution in [0.1, 0.15) is 11.1 Å². The van der Waals surface area contributed by atoms with Crippen LogP contribution in [0.15, 0.2) is 65.8 Å². The van der Waals surface area contributed by atoms with E-state index in [1.54, 1.807) is 0 Å². The summed E-state index contributed by atoms with van der Waals surface area (Å²) in [6.07, 6.45) is 0. The molecule has 0 fully saturated rings. The number of hydrogen-bond acceptors (Lipinski definition) is 2. The third-order valence-corrected chi connectivity index (χ3v) is 2.19. The van der Waals surface area contributed by atoms with Gasteiger partial charge in [0.2, 0.25) is 0 Å². The molecule has 2 nitrogen and oxygen atoms in total. The number of halogens is 1. The molecule has 0 radical (unpaired) electrons. The Bertz CT molecular complexity index is 412. The van der Waals surface area contributed by atoms with Crippen molar-refractivity contribution >= 4 is 18.1 Å². The van der Waals surface area contributed by atoms with Crippen LogP contribution in [-0.4, -0.2) is 10.9 Å². The monoisotopic (exact) mass is 233 g/mol. The van der Waals surface area contributed by atoms with Gasteiger partial charge in [0.1, 0.15) is 5.71 Å². The molecular weight excluding hydrogens is 222 g/mol. The lowest BCUT2D eigenvalue weighted by Gasteiger charge is -2.03. The summed E-state index contributed by atoms with van der Waals surface area (Å²) in [5.41, 5.74) is 2.41. The van der Waals surface area contributed by atoms with E-state index in [1.165, 1.54) is 0 Å². The average molecular weight is 234 g/mol. The van der Waals surface area contributed by atoms with Crippen molar-refractivity contribution in [3.05, 3.63) is 71.8 Å². The van der Waals surface area contributed by atoms with Crippen LogP contribution >= 0.6 is 12.4 Å². The Hall–Kier alpha value is -1.80. The van der Waals surface area contributed by atoms with Gasteiger partial charge >= 0.3 is 0 Å². The van der Waals surface area contributed by atoms with Crippen molar-refractivity contribution in [2.75, 3.05) is 0 Å². The highest BCUT2D eigenvalue weighted by molar-refractivity contribution is 6.12. The lowest BCUT2D eigenvalue weighted by Crippen LogP contribution is -2.02. The molecule has 0 atom stereocenters. The van der Waals surface area contributed by atoms with Gasteiger partial charge in [-0.1, -0.05) is 65.8 Å². The maximum absolute atomic E-state index is 9.02. The lowest BCUT2D eigenvalue weighted by atomic mass is 10.0. The van der Waals surface area contributed by atoms with Crippen molar-refractivity contribution in [3.63, 3.8) is 0 Å².